The van der Waals surface area contributed by atoms with Gasteiger partial charge < -0.3 is 15.0 Å². The van der Waals surface area contributed by atoms with Gasteiger partial charge in [0.1, 0.15) is 5.69 Å². The number of anilines is 1. The van der Waals surface area contributed by atoms with E-state index >= 15 is 0 Å². The average Bonchev–Trinajstić information content (AvgIpc) is 3.23. The summed E-state index contributed by atoms with van der Waals surface area (Å²) in [5, 5.41) is 14.1. The van der Waals surface area contributed by atoms with E-state index in [-0.39, 0.29) is 23.2 Å². The molecule has 8 nitrogen and oxygen atoms in total. The number of esters is 1. The zero-order valence-electron chi connectivity index (χ0n) is 14.1. The molecular formula is C17H21N3O5. The van der Waals surface area contributed by atoms with Gasteiger partial charge in [-0.25, -0.2) is 4.79 Å². The van der Waals surface area contributed by atoms with Crippen molar-refractivity contribution >= 4 is 23.3 Å². The van der Waals surface area contributed by atoms with Crippen LogP contribution in [-0.2, 0) is 9.53 Å². The van der Waals surface area contributed by atoms with Gasteiger partial charge in [-0.2, -0.15) is 0 Å². The summed E-state index contributed by atoms with van der Waals surface area (Å²) in [7, 11) is 0. The van der Waals surface area contributed by atoms with Crippen LogP contribution >= 0.6 is 0 Å². The van der Waals surface area contributed by atoms with Gasteiger partial charge in [0.2, 0.25) is 0 Å². The van der Waals surface area contributed by atoms with E-state index in [1.807, 2.05) is 4.90 Å². The summed E-state index contributed by atoms with van der Waals surface area (Å²) in [6.07, 6.45) is 2.93. The molecule has 0 spiro atoms. The van der Waals surface area contributed by atoms with Crippen LogP contribution in [0, 0.1) is 10.1 Å². The molecule has 134 valence electrons. The number of nitro groups is 1. The van der Waals surface area contributed by atoms with Crippen molar-refractivity contribution in [2.75, 3.05) is 18.0 Å². The summed E-state index contributed by atoms with van der Waals surface area (Å²) in [5.41, 5.74) is 0.464. The molecule has 25 heavy (non-hydrogen) atoms. The van der Waals surface area contributed by atoms with Crippen molar-refractivity contribution in [1.29, 1.82) is 0 Å². The first-order chi connectivity index (χ1) is 12.0. The zero-order valence-corrected chi connectivity index (χ0v) is 14.1. The molecule has 1 atom stereocenters. The highest BCUT2D eigenvalue weighted by Crippen LogP contribution is 2.32. The van der Waals surface area contributed by atoms with Gasteiger partial charge in [0.25, 0.3) is 11.6 Å². The number of nitrogens with one attached hydrogen (secondary N) is 1. The minimum absolute atomic E-state index is 0.0701. The maximum absolute atomic E-state index is 12.2. The van der Waals surface area contributed by atoms with Gasteiger partial charge in [-0.15, -0.1) is 0 Å². The molecule has 0 radical (unpaired) electrons. The molecule has 2 fully saturated rings. The molecule has 2 aliphatic rings. The Morgan fingerprint density at radius 3 is 2.60 bits per heavy atom. The topological polar surface area (TPSA) is 102 Å². The first-order valence-electron chi connectivity index (χ1n) is 8.50. The maximum Gasteiger partial charge on any atom is 0.339 e. The van der Waals surface area contributed by atoms with Crippen LogP contribution in [0.15, 0.2) is 18.2 Å². The smallest absolute Gasteiger partial charge is 0.339 e. The number of amides is 1. The van der Waals surface area contributed by atoms with Crippen molar-refractivity contribution in [2.24, 2.45) is 0 Å². The molecule has 0 bridgehead atoms. The van der Waals surface area contributed by atoms with E-state index in [4.69, 9.17) is 4.74 Å². The lowest BCUT2D eigenvalue weighted by Gasteiger charge is -2.18. The highest BCUT2D eigenvalue weighted by atomic mass is 16.6. The Balaban J connectivity index is 1.72. The van der Waals surface area contributed by atoms with E-state index in [0.29, 0.717) is 5.69 Å². The van der Waals surface area contributed by atoms with Crippen LogP contribution in [0.3, 0.4) is 0 Å². The van der Waals surface area contributed by atoms with Crippen molar-refractivity contribution < 1.29 is 19.2 Å². The van der Waals surface area contributed by atoms with Crippen LogP contribution in [0.4, 0.5) is 11.4 Å². The number of benzene rings is 1. The van der Waals surface area contributed by atoms with E-state index in [1.54, 1.807) is 6.07 Å². The van der Waals surface area contributed by atoms with Crippen LogP contribution in [0.1, 0.15) is 43.0 Å². The standard InChI is InChI=1S/C17H21N3O5/c1-11(16(21)18-13-5-6-13)25-17(22)12-4-7-14(15(10-12)20(23)24)19-8-2-3-9-19/h4,7,10-11,13H,2-3,5-6,8-9H2,1H3,(H,18,21)/t11-/m0/s1. The molecule has 1 aromatic carbocycles. The summed E-state index contributed by atoms with van der Waals surface area (Å²) in [4.78, 5) is 36.9. The van der Waals surface area contributed by atoms with Crippen molar-refractivity contribution in [3.8, 4) is 0 Å². The van der Waals surface area contributed by atoms with Gasteiger partial charge in [-0.05, 0) is 44.7 Å². The van der Waals surface area contributed by atoms with Gasteiger partial charge in [0.15, 0.2) is 6.10 Å². The molecule has 3 rings (SSSR count). The molecule has 1 aliphatic heterocycles. The Bertz CT molecular complexity index is 696. The van der Waals surface area contributed by atoms with Gasteiger partial charge in [0, 0.05) is 25.2 Å². The SMILES string of the molecule is C[C@H](OC(=O)c1ccc(N2CCCC2)c([N+](=O)[O-])c1)C(=O)NC1CC1. The first-order valence-corrected chi connectivity index (χ1v) is 8.50. The number of hydrogen-bond acceptors (Lipinski definition) is 6. The van der Waals surface area contributed by atoms with Crippen LogP contribution < -0.4 is 10.2 Å². The molecular weight excluding hydrogens is 326 g/mol. The van der Waals surface area contributed by atoms with Crippen LogP contribution in [0.2, 0.25) is 0 Å². The third-order valence-electron chi connectivity index (χ3n) is 4.43. The predicted octanol–water partition coefficient (Wildman–Crippen LogP) is 2.02. The van der Waals surface area contributed by atoms with E-state index in [0.717, 1.165) is 38.8 Å². The van der Waals surface area contributed by atoms with E-state index < -0.39 is 17.0 Å². The minimum Gasteiger partial charge on any atom is -0.449 e. The summed E-state index contributed by atoms with van der Waals surface area (Å²) < 4.78 is 5.14. The van der Waals surface area contributed by atoms with Gasteiger partial charge in [-0.3, -0.25) is 14.9 Å². The van der Waals surface area contributed by atoms with Gasteiger partial charge in [0.05, 0.1) is 10.5 Å². The number of carbonyl (C=O) groups excluding carboxylic acids is 2. The van der Waals surface area contributed by atoms with Crippen LogP contribution in [0.5, 0.6) is 0 Å². The fraction of sp³-hybridized carbons (Fsp3) is 0.529. The molecule has 0 unspecified atom stereocenters. The molecule has 1 N–H and O–H groups in total. The van der Waals surface area contributed by atoms with Crippen molar-refractivity contribution in [2.45, 2.75) is 44.8 Å². The summed E-state index contributed by atoms with van der Waals surface area (Å²) in [6.45, 7) is 3.02. The van der Waals surface area contributed by atoms with Crippen LogP contribution in [0.25, 0.3) is 0 Å². The second-order valence-electron chi connectivity index (χ2n) is 6.49. The number of ether oxygens (including phenoxy) is 1. The number of nitrogens with zero attached hydrogens (tertiary/aromatic N) is 2. The number of carbonyl (C=O) groups is 2. The Labute approximate surface area is 145 Å². The summed E-state index contributed by atoms with van der Waals surface area (Å²) in [6, 6.07) is 4.49. The Hall–Kier alpha value is -2.64. The van der Waals surface area contributed by atoms with Crippen molar-refractivity contribution in [1.82, 2.24) is 5.32 Å². The monoisotopic (exact) mass is 347 g/mol. The van der Waals surface area contributed by atoms with Crippen molar-refractivity contribution in [3.05, 3.63) is 33.9 Å². The van der Waals surface area contributed by atoms with Gasteiger partial charge in [-0.1, -0.05) is 0 Å². The fourth-order valence-corrected chi connectivity index (χ4v) is 2.85. The van der Waals surface area contributed by atoms with Gasteiger partial charge >= 0.3 is 5.97 Å². The molecule has 8 heteroatoms. The Kier molecular flexibility index (Phi) is 4.87. The predicted molar refractivity (Wildman–Crippen MR) is 90.6 cm³/mol. The Morgan fingerprint density at radius 1 is 1.32 bits per heavy atom. The number of hydrogen-bond donors (Lipinski definition) is 1. The summed E-state index contributed by atoms with van der Waals surface area (Å²) in [5.74, 6) is -1.09. The lowest BCUT2D eigenvalue weighted by molar-refractivity contribution is -0.384. The second-order valence-corrected chi connectivity index (χ2v) is 6.49. The average molecular weight is 347 g/mol. The lowest BCUT2D eigenvalue weighted by atomic mass is 10.1. The lowest BCUT2D eigenvalue weighted by Crippen LogP contribution is -2.37. The maximum atomic E-state index is 12.2. The fourth-order valence-electron chi connectivity index (χ4n) is 2.85. The minimum atomic E-state index is -0.939. The molecule has 1 saturated heterocycles. The molecule has 1 aliphatic carbocycles. The van der Waals surface area contributed by atoms with E-state index in [2.05, 4.69) is 5.32 Å². The highest BCUT2D eigenvalue weighted by molar-refractivity contribution is 5.93. The van der Waals surface area contributed by atoms with E-state index in [1.165, 1.54) is 19.1 Å². The van der Waals surface area contributed by atoms with E-state index in [9.17, 15) is 19.7 Å². The normalized spacial score (nSPS) is 17.9. The zero-order chi connectivity index (χ0) is 18.0. The third-order valence-corrected chi connectivity index (χ3v) is 4.43. The van der Waals surface area contributed by atoms with Crippen LogP contribution in [-0.4, -0.2) is 42.0 Å². The largest absolute Gasteiger partial charge is 0.449 e. The summed E-state index contributed by atoms with van der Waals surface area (Å²) >= 11 is 0. The third kappa shape index (κ3) is 4.07. The molecule has 1 heterocycles. The number of rotatable bonds is 6. The molecule has 0 aromatic heterocycles. The second kappa shape index (κ2) is 7.08. The number of nitro benzene ring substituents is 1. The first kappa shape index (κ1) is 17.2. The molecule has 1 saturated carbocycles. The highest BCUT2D eigenvalue weighted by Gasteiger charge is 2.28. The molecule has 1 amide bonds. The van der Waals surface area contributed by atoms with Crippen molar-refractivity contribution in [3.63, 3.8) is 0 Å². The molecule has 1 aromatic rings. The Morgan fingerprint density at radius 2 is 2.00 bits per heavy atom. The quantitative estimate of drug-likeness (QED) is 0.480.